The summed E-state index contributed by atoms with van der Waals surface area (Å²) >= 11 is 0. The molecule has 3 aromatic carbocycles. The summed E-state index contributed by atoms with van der Waals surface area (Å²) in [6, 6.07) is 19.5. The monoisotopic (exact) mass is 531 g/mol. The topological polar surface area (TPSA) is 44.8 Å². The van der Waals surface area contributed by atoms with E-state index in [4.69, 9.17) is 4.43 Å². The minimum absolute atomic E-state index is 0.0764. The number of fused-ring (bicyclic) bond motifs is 1. The molecule has 3 aromatic rings. The number of hydrogen-bond acceptors (Lipinski definition) is 4. The number of benzene rings is 3. The lowest BCUT2D eigenvalue weighted by atomic mass is 9.85. The summed E-state index contributed by atoms with van der Waals surface area (Å²) in [4.78, 5) is 17.6. The lowest BCUT2D eigenvalue weighted by Crippen LogP contribution is -2.56. The second-order valence-electron chi connectivity index (χ2n) is 12.2. The van der Waals surface area contributed by atoms with Gasteiger partial charge < -0.3 is 14.6 Å². The van der Waals surface area contributed by atoms with Gasteiger partial charge in [-0.25, -0.2) is 4.39 Å². The molecule has 0 aromatic heterocycles. The number of halogens is 1. The Hall–Kier alpha value is -2.74. The van der Waals surface area contributed by atoms with Crippen LogP contribution in [0.25, 0.3) is 10.8 Å². The number of nitrogens with one attached hydrogen (secondary N) is 1. The van der Waals surface area contributed by atoms with E-state index in [0.717, 1.165) is 38.2 Å². The van der Waals surface area contributed by atoms with Crippen molar-refractivity contribution in [2.75, 3.05) is 24.7 Å². The fourth-order valence-corrected chi connectivity index (χ4v) is 6.43. The second kappa shape index (κ2) is 10.1. The third kappa shape index (κ3) is 5.24. The summed E-state index contributed by atoms with van der Waals surface area (Å²) in [5.74, 6) is -0.189. The lowest BCUT2D eigenvalue weighted by Gasteiger charge is -2.43. The maximum absolute atomic E-state index is 13.5. The van der Waals surface area contributed by atoms with Crippen LogP contribution in [0.4, 0.5) is 10.1 Å². The van der Waals surface area contributed by atoms with E-state index in [2.05, 4.69) is 86.1 Å². The number of amides is 1. The SMILES string of the molecule is CC(C)(C)[Si]OC(C)(C)c1cccc2cccc(CN3CCC4(CC3)C(=O)NCN4c3ccc(F)cc3)c12. The minimum Gasteiger partial charge on any atom is -0.408 e. The Morgan fingerprint density at radius 3 is 2.29 bits per heavy atom. The number of hydrogen-bond donors (Lipinski definition) is 1. The molecule has 0 bridgehead atoms. The highest BCUT2D eigenvalue weighted by atomic mass is 28.2. The molecule has 2 saturated heterocycles. The van der Waals surface area contributed by atoms with Crippen molar-refractivity contribution in [3.05, 3.63) is 77.6 Å². The van der Waals surface area contributed by atoms with Gasteiger partial charge in [-0.2, -0.15) is 0 Å². The number of nitrogens with zero attached hydrogens (tertiary/aromatic N) is 2. The van der Waals surface area contributed by atoms with Gasteiger partial charge in [-0.05, 0) is 77.9 Å². The van der Waals surface area contributed by atoms with Gasteiger partial charge in [0, 0.05) is 25.3 Å². The summed E-state index contributed by atoms with van der Waals surface area (Å²) in [7, 11) is 0.399. The van der Waals surface area contributed by atoms with Gasteiger partial charge in [0.25, 0.3) is 0 Å². The molecular formula is C31H38FN3O2Si. The molecule has 2 heterocycles. The van der Waals surface area contributed by atoms with Crippen LogP contribution in [0.1, 0.15) is 58.6 Å². The number of likely N-dealkylation sites (tertiary alicyclic amines) is 1. The van der Waals surface area contributed by atoms with E-state index in [9.17, 15) is 9.18 Å². The van der Waals surface area contributed by atoms with Crippen molar-refractivity contribution in [1.82, 2.24) is 10.2 Å². The molecule has 5 nitrogen and oxygen atoms in total. The highest BCUT2D eigenvalue weighted by Crippen LogP contribution is 2.39. The molecule has 1 amide bonds. The molecule has 38 heavy (non-hydrogen) atoms. The molecule has 5 rings (SSSR count). The Kier molecular flexibility index (Phi) is 7.13. The molecular weight excluding hydrogens is 493 g/mol. The molecule has 2 fully saturated rings. The van der Waals surface area contributed by atoms with Crippen LogP contribution in [0, 0.1) is 5.82 Å². The Balaban J connectivity index is 1.37. The molecule has 2 aliphatic rings. The van der Waals surface area contributed by atoms with Gasteiger partial charge in [0.15, 0.2) is 0 Å². The largest absolute Gasteiger partial charge is 0.408 e. The van der Waals surface area contributed by atoms with Crippen molar-refractivity contribution in [1.29, 1.82) is 0 Å². The summed E-state index contributed by atoms with van der Waals surface area (Å²) < 4.78 is 20.0. The standard InChI is InChI=1S/C31H38FN3O2Si/c1-29(2,3)38-37-30(4,5)26-11-7-9-22-8-6-10-23(27(22)26)20-34-18-16-31(17-19-34)28(36)33-21-35(31)25-14-12-24(32)13-15-25/h6-15H,16-21H2,1-5H3,(H,33,36). The van der Waals surface area contributed by atoms with Crippen LogP contribution >= 0.6 is 0 Å². The highest BCUT2D eigenvalue weighted by molar-refractivity contribution is 6.31. The predicted molar refractivity (Wildman–Crippen MR) is 153 cm³/mol. The average Bonchev–Trinajstić information content (AvgIpc) is 3.19. The van der Waals surface area contributed by atoms with Crippen molar-refractivity contribution in [3.8, 4) is 0 Å². The van der Waals surface area contributed by atoms with Crippen LogP contribution in [-0.2, 0) is 21.4 Å². The first-order chi connectivity index (χ1) is 18.0. The highest BCUT2D eigenvalue weighted by Gasteiger charge is 2.50. The van der Waals surface area contributed by atoms with Crippen molar-refractivity contribution in [2.45, 2.75) is 70.2 Å². The fraction of sp³-hybridized carbons (Fsp3) is 0.452. The Bertz CT molecular complexity index is 1310. The molecule has 0 atom stereocenters. The smallest absolute Gasteiger partial charge is 0.247 e. The van der Waals surface area contributed by atoms with E-state index < -0.39 is 11.1 Å². The van der Waals surface area contributed by atoms with E-state index in [1.165, 1.54) is 34.0 Å². The maximum atomic E-state index is 13.5. The molecule has 1 N–H and O–H groups in total. The van der Waals surface area contributed by atoms with Gasteiger partial charge >= 0.3 is 0 Å². The van der Waals surface area contributed by atoms with E-state index >= 15 is 0 Å². The van der Waals surface area contributed by atoms with Gasteiger partial charge in [0.2, 0.25) is 15.7 Å². The molecule has 2 radical (unpaired) electrons. The Morgan fingerprint density at radius 1 is 0.974 bits per heavy atom. The van der Waals surface area contributed by atoms with E-state index in [-0.39, 0.29) is 16.8 Å². The Labute approximate surface area is 228 Å². The van der Waals surface area contributed by atoms with Crippen LogP contribution in [0.15, 0.2) is 60.7 Å². The number of carbonyl (C=O) groups is 1. The van der Waals surface area contributed by atoms with Crippen molar-refractivity contribution < 1.29 is 13.6 Å². The maximum Gasteiger partial charge on any atom is 0.247 e. The zero-order valence-electron chi connectivity index (χ0n) is 23.1. The first-order valence-electron chi connectivity index (χ1n) is 13.5. The van der Waals surface area contributed by atoms with Gasteiger partial charge in [0.1, 0.15) is 11.4 Å². The number of piperidine rings is 1. The molecule has 0 aliphatic carbocycles. The quantitative estimate of drug-likeness (QED) is 0.397. The number of rotatable bonds is 6. The second-order valence-corrected chi connectivity index (χ2v) is 14.1. The van der Waals surface area contributed by atoms with Crippen molar-refractivity contribution in [3.63, 3.8) is 0 Å². The van der Waals surface area contributed by atoms with E-state index in [0.29, 0.717) is 16.4 Å². The van der Waals surface area contributed by atoms with Gasteiger partial charge in [-0.15, -0.1) is 0 Å². The summed E-state index contributed by atoms with van der Waals surface area (Å²) in [6.45, 7) is 13.9. The first kappa shape index (κ1) is 26.8. The lowest BCUT2D eigenvalue weighted by molar-refractivity contribution is -0.125. The number of carbonyl (C=O) groups excluding carboxylic acids is 1. The molecule has 1 spiro atoms. The minimum atomic E-state index is -0.581. The summed E-state index contributed by atoms with van der Waals surface area (Å²) in [5.41, 5.74) is 2.40. The zero-order chi connectivity index (χ0) is 27.1. The summed E-state index contributed by atoms with van der Waals surface area (Å²) in [6.07, 6.45) is 1.46. The summed E-state index contributed by atoms with van der Waals surface area (Å²) in [5, 5.41) is 5.65. The zero-order valence-corrected chi connectivity index (χ0v) is 24.1. The predicted octanol–water partition coefficient (Wildman–Crippen LogP) is 6.00. The van der Waals surface area contributed by atoms with Gasteiger partial charge in [-0.3, -0.25) is 9.69 Å². The fourth-order valence-electron chi connectivity index (χ4n) is 5.76. The van der Waals surface area contributed by atoms with Gasteiger partial charge in [0.05, 0.1) is 12.3 Å². The molecule has 7 heteroatoms. The molecule has 0 unspecified atom stereocenters. The third-order valence-electron chi connectivity index (χ3n) is 7.80. The average molecular weight is 532 g/mol. The van der Waals surface area contributed by atoms with Gasteiger partial charge in [-0.1, -0.05) is 57.2 Å². The first-order valence-corrected chi connectivity index (χ1v) is 14.4. The van der Waals surface area contributed by atoms with E-state index in [1.54, 1.807) is 12.1 Å². The Morgan fingerprint density at radius 2 is 1.63 bits per heavy atom. The van der Waals surface area contributed by atoms with Crippen LogP contribution in [0.2, 0.25) is 5.04 Å². The number of anilines is 1. The van der Waals surface area contributed by atoms with Crippen molar-refractivity contribution >= 4 is 32.1 Å². The third-order valence-corrected chi connectivity index (χ3v) is 9.03. The van der Waals surface area contributed by atoms with Crippen LogP contribution in [0.3, 0.4) is 0 Å². The van der Waals surface area contributed by atoms with Crippen LogP contribution < -0.4 is 10.2 Å². The molecule has 2 aliphatic heterocycles. The van der Waals surface area contributed by atoms with Crippen LogP contribution in [-0.4, -0.2) is 45.9 Å². The van der Waals surface area contributed by atoms with Crippen molar-refractivity contribution in [2.24, 2.45) is 0 Å². The van der Waals surface area contributed by atoms with E-state index in [1.807, 2.05) is 0 Å². The molecule has 0 saturated carbocycles. The molecule has 200 valence electrons. The van der Waals surface area contributed by atoms with Crippen LogP contribution in [0.5, 0.6) is 0 Å². The normalized spacial score (nSPS) is 18.4.